The summed E-state index contributed by atoms with van der Waals surface area (Å²) in [6.45, 7) is 8.93. The summed E-state index contributed by atoms with van der Waals surface area (Å²) in [5, 5.41) is 0. The summed E-state index contributed by atoms with van der Waals surface area (Å²) in [5.74, 6) is 0. The van der Waals surface area contributed by atoms with Gasteiger partial charge >= 0.3 is 6.09 Å². The van der Waals surface area contributed by atoms with Crippen LogP contribution >= 0.6 is 0 Å². The standard InChI is InChI=1S/C12H25N3O4S/c1-6-13(5)20(17,18)15-9-7-14(8-10-15)11(16)19-12(2,3)4/h6-10H2,1-5H3. The van der Waals surface area contributed by atoms with Gasteiger partial charge in [0.1, 0.15) is 5.60 Å². The van der Waals surface area contributed by atoms with Crippen LogP contribution in [0.25, 0.3) is 0 Å². The van der Waals surface area contributed by atoms with E-state index < -0.39 is 21.9 Å². The van der Waals surface area contributed by atoms with Gasteiger partial charge in [-0.15, -0.1) is 0 Å². The van der Waals surface area contributed by atoms with Crippen molar-refractivity contribution < 1.29 is 17.9 Å². The molecule has 1 fully saturated rings. The summed E-state index contributed by atoms with van der Waals surface area (Å²) in [6, 6.07) is 0. The number of nitrogens with zero attached hydrogens (tertiary/aromatic N) is 3. The summed E-state index contributed by atoms with van der Waals surface area (Å²) in [6.07, 6.45) is -0.390. The molecule has 0 bridgehead atoms. The first-order valence-electron chi connectivity index (χ1n) is 6.77. The first-order chi connectivity index (χ1) is 9.08. The predicted molar refractivity (Wildman–Crippen MR) is 76.6 cm³/mol. The molecule has 0 aromatic carbocycles. The largest absolute Gasteiger partial charge is 0.444 e. The highest BCUT2D eigenvalue weighted by Gasteiger charge is 2.32. The Morgan fingerprint density at radius 2 is 1.70 bits per heavy atom. The predicted octanol–water partition coefficient (Wildman–Crippen LogP) is 0.736. The van der Waals surface area contributed by atoms with Crippen LogP contribution in [0.3, 0.4) is 0 Å². The molecule has 1 aliphatic heterocycles. The van der Waals surface area contributed by atoms with Crippen molar-refractivity contribution in [1.29, 1.82) is 0 Å². The van der Waals surface area contributed by atoms with Crippen molar-refractivity contribution in [3.63, 3.8) is 0 Å². The monoisotopic (exact) mass is 307 g/mol. The summed E-state index contributed by atoms with van der Waals surface area (Å²) in [7, 11) is -1.86. The van der Waals surface area contributed by atoms with E-state index in [4.69, 9.17) is 4.74 Å². The second-order valence-electron chi connectivity index (χ2n) is 5.79. The molecule has 0 atom stereocenters. The third-order valence-corrected chi connectivity index (χ3v) is 5.12. The lowest BCUT2D eigenvalue weighted by molar-refractivity contribution is 0.0190. The van der Waals surface area contributed by atoms with Gasteiger partial charge in [0, 0.05) is 39.8 Å². The van der Waals surface area contributed by atoms with E-state index in [0.29, 0.717) is 32.7 Å². The molecule has 7 nitrogen and oxygen atoms in total. The van der Waals surface area contributed by atoms with Crippen molar-refractivity contribution in [3.8, 4) is 0 Å². The van der Waals surface area contributed by atoms with E-state index in [2.05, 4.69) is 0 Å². The molecule has 0 aromatic heterocycles. The third-order valence-electron chi connectivity index (χ3n) is 3.06. The average molecular weight is 307 g/mol. The smallest absolute Gasteiger partial charge is 0.410 e. The van der Waals surface area contributed by atoms with Gasteiger partial charge in [-0.25, -0.2) is 4.79 Å². The molecule has 0 aliphatic carbocycles. The highest BCUT2D eigenvalue weighted by molar-refractivity contribution is 7.86. The van der Waals surface area contributed by atoms with Gasteiger partial charge in [0.25, 0.3) is 10.2 Å². The molecule has 8 heteroatoms. The van der Waals surface area contributed by atoms with Gasteiger partial charge in [0.2, 0.25) is 0 Å². The van der Waals surface area contributed by atoms with Crippen molar-refractivity contribution >= 4 is 16.3 Å². The number of hydrogen-bond donors (Lipinski definition) is 0. The van der Waals surface area contributed by atoms with E-state index >= 15 is 0 Å². The fourth-order valence-electron chi connectivity index (χ4n) is 1.79. The quantitative estimate of drug-likeness (QED) is 0.771. The van der Waals surface area contributed by atoms with Crippen molar-refractivity contribution in [2.75, 3.05) is 39.8 Å². The van der Waals surface area contributed by atoms with Crippen LogP contribution < -0.4 is 0 Å². The van der Waals surface area contributed by atoms with E-state index in [-0.39, 0.29) is 0 Å². The minimum Gasteiger partial charge on any atom is -0.444 e. The number of amides is 1. The number of rotatable bonds is 3. The highest BCUT2D eigenvalue weighted by Crippen LogP contribution is 2.14. The second-order valence-corrected chi connectivity index (χ2v) is 7.82. The number of hydrogen-bond acceptors (Lipinski definition) is 4. The van der Waals surface area contributed by atoms with Crippen LogP contribution in [0.5, 0.6) is 0 Å². The van der Waals surface area contributed by atoms with Crippen LogP contribution in [0.2, 0.25) is 0 Å². The molecular weight excluding hydrogens is 282 g/mol. The molecule has 0 saturated carbocycles. The van der Waals surface area contributed by atoms with Gasteiger partial charge in [-0.1, -0.05) is 6.92 Å². The molecule has 0 spiro atoms. The lowest BCUT2D eigenvalue weighted by Gasteiger charge is -2.36. The SMILES string of the molecule is CCN(C)S(=O)(=O)N1CCN(C(=O)OC(C)(C)C)CC1. The van der Waals surface area contributed by atoms with Crippen LogP contribution in [-0.2, 0) is 14.9 Å². The van der Waals surface area contributed by atoms with E-state index in [9.17, 15) is 13.2 Å². The van der Waals surface area contributed by atoms with Crippen LogP contribution in [0.1, 0.15) is 27.7 Å². The zero-order valence-electron chi connectivity index (χ0n) is 12.9. The van der Waals surface area contributed by atoms with Crippen LogP contribution in [0, 0.1) is 0 Å². The first kappa shape index (κ1) is 17.2. The molecule has 1 rings (SSSR count). The highest BCUT2D eigenvalue weighted by atomic mass is 32.2. The van der Waals surface area contributed by atoms with Crippen LogP contribution in [0.4, 0.5) is 4.79 Å². The van der Waals surface area contributed by atoms with Crippen LogP contribution in [-0.4, -0.2) is 73.4 Å². The molecule has 1 aliphatic rings. The van der Waals surface area contributed by atoms with E-state index in [0.717, 1.165) is 0 Å². The number of piperazine rings is 1. The Labute approximate surface area is 121 Å². The number of carbonyl (C=O) groups excluding carboxylic acids is 1. The molecular formula is C12H25N3O4S. The van der Waals surface area contributed by atoms with E-state index in [1.54, 1.807) is 18.9 Å². The summed E-state index contributed by atoms with van der Waals surface area (Å²) in [4.78, 5) is 13.4. The second kappa shape index (κ2) is 6.28. The molecule has 0 aromatic rings. The summed E-state index contributed by atoms with van der Waals surface area (Å²) in [5.41, 5.74) is -0.539. The Kier molecular flexibility index (Phi) is 5.39. The lowest BCUT2D eigenvalue weighted by atomic mass is 10.2. The Bertz CT molecular complexity index is 436. The molecule has 1 amide bonds. The zero-order valence-corrected chi connectivity index (χ0v) is 13.7. The Balaban J connectivity index is 2.58. The Morgan fingerprint density at radius 1 is 1.20 bits per heavy atom. The number of carbonyl (C=O) groups is 1. The molecule has 0 N–H and O–H groups in total. The minimum atomic E-state index is -3.41. The topological polar surface area (TPSA) is 70.2 Å². The van der Waals surface area contributed by atoms with Crippen molar-refractivity contribution in [2.24, 2.45) is 0 Å². The van der Waals surface area contributed by atoms with Gasteiger partial charge in [0.15, 0.2) is 0 Å². The van der Waals surface area contributed by atoms with Crippen LogP contribution in [0.15, 0.2) is 0 Å². The van der Waals surface area contributed by atoms with Gasteiger partial charge in [-0.05, 0) is 20.8 Å². The summed E-state index contributed by atoms with van der Waals surface area (Å²) < 4.78 is 32.3. The van der Waals surface area contributed by atoms with Gasteiger partial charge < -0.3 is 9.64 Å². The molecule has 0 unspecified atom stereocenters. The van der Waals surface area contributed by atoms with Gasteiger partial charge in [-0.2, -0.15) is 17.0 Å². The number of ether oxygens (including phenoxy) is 1. The molecule has 118 valence electrons. The maximum absolute atomic E-state index is 12.1. The van der Waals surface area contributed by atoms with Crippen molar-refractivity contribution in [3.05, 3.63) is 0 Å². The average Bonchev–Trinajstić information content (AvgIpc) is 2.35. The molecule has 20 heavy (non-hydrogen) atoms. The first-order valence-corrected chi connectivity index (χ1v) is 8.17. The maximum atomic E-state index is 12.1. The zero-order chi connectivity index (χ0) is 15.6. The molecule has 0 radical (unpaired) electrons. The van der Waals surface area contributed by atoms with Crippen molar-refractivity contribution in [1.82, 2.24) is 13.5 Å². The normalized spacial score (nSPS) is 18.4. The van der Waals surface area contributed by atoms with Gasteiger partial charge in [-0.3, -0.25) is 0 Å². The maximum Gasteiger partial charge on any atom is 0.410 e. The van der Waals surface area contributed by atoms with E-state index in [1.165, 1.54) is 8.61 Å². The van der Waals surface area contributed by atoms with Gasteiger partial charge in [0.05, 0.1) is 0 Å². The van der Waals surface area contributed by atoms with Crippen molar-refractivity contribution in [2.45, 2.75) is 33.3 Å². The summed E-state index contributed by atoms with van der Waals surface area (Å²) >= 11 is 0. The lowest BCUT2D eigenvalue weighted by Crippen LogP contribution is -2.54. The molecule has 1 saturated heterocycles. The Morgan fingerprint density at radius 3 is 2.10 bits per heavy atom. The molecule has 1 heterocycles. The van der Waals surface area contributed by atoms with E-state index in [1.807, 2.05) is 20.8 Å². The fraction of sp³-hybridized carbons (Fsp3) is 0.917. The minimum absolute atomic E-state index is 0.298. The Hall–Kier alpha value is -0.860. The third kappa shape index (κ3) is 4.32. The fourth-order valence-corrected chi connectivity index (χ4v) is 3.13.